The number of rotatable bonds is 2. The molecule has 2 heterocycles. The van der Waals surface area contributed by atoms with Crippen molar-refractivity contribution in [3.63, 3.8) is 0 Å². The molecule has 0 bridgehead atoms. The van der Waals surface area contributed by atoms with E-state index in [-0.39, 0.29) is 0 Å². The van der Waals surface area contributed by atoms with Crippen LogP contribution < -0.4 is 4.57 Å². The van der Waals surface area contributed by atoms with Crippen LogP contribution >= 0.6 is 0 Å². The Morgan fingerprint density at radius 2 is 1.45 bits per heavy atom. The molecule has 0 aliphatic carbocycles. The molecule has 29 heavy (non-hydrogen) atoms. The van der Waals surface area contributed by atoms with Crippen LogP contribution in [0.1, 0.15) is 16.8 Å². The van der Waals surface area contributed by atoms with Crippen molar-refractivity contribution in [2.45, 2.75) is 20.8 Å². The maximum absolute atomic E-state index is 2.39. The minimum atomic E-state index is 1.24. The van der Waals surface area contributed by atoms with E-state index in [4.69, 9.17) is 0 Å². The van der Waals surface area contributed by atoms with Crippen molar-refractivity contribution in [3.05, 3.63) is 95.7 Å². The fourth-order valence-electron chi connectivity index (χ4n) is 4.51. The van der Waals surface area contributed by atoms with E-state index in [0.29, 0.717) is 0 Å². The number of hydrogen-bond donors (Lipinski definition) is 0. The van der Waals surface area contributed by atoms with E-state index >= 15 is 0 Å². The van der Waals surface area contributed by atoms with Gasteiger partial charge in [-0.3, -0.25) is 0 Å². The van der Waals surface area contributed by atoms with Gasteiger partial charge in [-0.2, -0.15) is 4.57 Å². The van der Waals surface area contributed by atoms with Gasteiger partial charge in [-0.1, -0.05) is 30.3 Å². The molecule has 2 nitrogen and oxygen atoms in total. The first-order chi connectivity index (χ1) is 14.0. The number of para-hydroxylation sites is 2. The number of fused-ring (bicyclic) bond motifs is 2. The zero-order valence-corrected chi connectivity index (χ0v) is 17.4. The number of nitrogens with zero attached hydrogens (tertiary/aromatic N) is 2. The second-order valence-electron chi connectivity index (χ2n) is 7.97. The number of pyridine rings is 1. The van der Waals surface area contributed by atoms with E-state index in [0.717, 1.165) is 0 Å². The molecule has 2 heteroatoms. The highest BCUT2D eigenvalue weighted by Crippen LogP contribution is 2.32. The van der Waals surface area contributed by atoms with Gasteiger partial charge in [0.05, 0.1) is 0 Å². The molecule has 0 aliphatic heterocycles. The van der Waals surface area contributed by atoms with Crippen LogP contribution in [0.5, 0.6) is 0 Å². The van der Waals surface area contributed by atoms with E-state index in [1.54, 1.807) is 0 Å². The maximum Gasteiger partial charge on any atom is 0.218 e. The maximum atomic E-state index is 2.39. The van der Waals surface area contributed by atoms with Gasteiger partial charge in [0.15, 0.2) is 5.69 Å². The summed E-state index contributed by atoms with van der Waals surface area (Å²) < 4.78 is 4.70. The minimum absolute atomic E-state index is 1.24. The van der Waals surface area contributed by atoms with Crippen molar-refractivity contribution < 1.29 is 4.57 Å². The number of hydrogen-bond acceptors (Lipinski definition) is 0. The lowest BCUT2D eigenvalue weighted by Gasteiger charge is -2.13. The standard InChI is InChI=1S/C27H25N2/c1-18-15-23(27-17-22-10-6-7-11-24(22)28(27)4)20(3)26(16-18)29-19(2)13-14-21-9-5-8-12-25(21)29/h5-17H,1-4H3/q+1. The highest BCUT2D eigenvalue weighted by molar-refractivity contribution is 5.88. The molecule has 0 amide bonds. The van der Waals surface area contributed by atoms with Crippen molar-refractivity contribution in [1.29, 1.82) is 0 Å². The predicted molar refractivity (Wildman–Crippen MR) is 122 cm³/mol. The fourth-order valence-corrected chi connectivity index (χ4v) is 4.51. The average Bonchev–Trinajstić information content (AvgIpc) is 3.06. The van der Waals surface area contributed by atoms with Gasteiger partial charge in [0.1, 0.15) is 0 Å². The molecule has 3 aromatic carbocycles. The third kappa shape index (κ3) is 2.75. The van der Waals surface area contributed by atoms with Gasteiger partial charge in [-0.15, -0.1) is 0 Å². The second kappa shape index (κ2) is 6.59. The molecule has 5 aromatic rings. The highest BCUT2D eigenvalue weighted by Gasteiger charge is 2.22. The molecule has 5 rings (SSSR count). The van der Waals surface area contributed by atoms with Gasteiger partial charge in [0.25, 0.3) is 0 Å². The van der Waals surface area contributed by atoms with Crippen LogP contribution in [0.15, 0.2) is 78.9 Å². The van der Waals surface area contributed by atoms with Crippen LogP contribution in [-0.2, 0) is 7.05 Å². The SMILES string of the molecule is Cc1cc(-c2cc3ccccc3n2C)c(C)c(-[n+]2c(C)ccc3ccccc32)c1. The van der Waals surface area contributed by atoms with Crippen LogP contribution in [-0.4, -0.2) is 4.57 Å². The molecule has 0 radical (unpaired) electrons. The lowest BCUT2D eigenvalue weighted by atomic mass is 9.99. The van der Waals surface area contributed by atoms with Crippen molar-refractivity contribution in [2.24, 2.45) is 7.05 Å². The molecule has 0 atom stereocenters. The molecule has 0 spiro atoms. The molecule has 0 fully saturated rings. The molecule has 0 saturated heterocycles. The molecular weight excluding hydrogens is 352 g/mol. The normalized spacial score (nSPS) is 11.4. The van der Waals surface area contributed by atoms with E-state index < -0.39 is 0 Å². The average molecular weight is 378 g/mol. The Hall–Kier alpha value is -3.39. The predicted octanol–water partition coefficient (Wildman–Crippen LogP) is 6.20. The van der Waals surface area contributed by atoms with Crippen LogP contribution in [0.25, 0.3) is 38.8 Å². The fraction of sp³-hybridized carbons (Fsp3) is 0.148. The van der Waals surface area contributed by atoms with Gasteiger partial charge < -0.3 is 4.57 Å². The number of benzene rings is 3. The summed E-state index contributed by atoms with van der Waals surface area (Å²) in [5.41, 5.74) is 10.1. The quantitative estimate of drug-likeness (QED) is 0.324. The number of aryl methyl sites for hydroxylation is 3. The Labute approximate surface area is 171 Å². The minimum Gasteiger partial charge on any atom is -0.344 e. The summed E-state index contributed by atoms with van der Waals surface area (Å²) >= 11 is 0. The zero-order valence-electron chi connectivity index (χ0n) is 17.4. The third-order valence-corrected chi connectivity index (χ3v) is 6.03. The third-order valence-electron chi connectivity index (χ3n) is 6.03. The topological polar surface area (TPSA) is 8.81 Å². The van der Waals surface area contributed by atoms with Crippen LogP contribution in [0.4, 0.5) is 0 Å². The largest absolute Gasteiger partial charge is 0.344 e. The monoisotopic (exact) mass is 377 g/mol. The molecule has 0 saturated carbocycles. The molecule has 142 valence electrons. The van der Waals surface area contributed by atoms with Crippen molar-refractivity contribution in [2.75, 3.05) is 0 Å². The Balaban J connectivity index is 1.83. The Morgan fingerprint density at radius 3 is 2.24 bits per heavy atom. The summed E-state index contributed by atoms with van der Waals surface area (Å²) in [4.78, 5) is 0. The zero-order chi connectivity index (χ0) is 20.1. The Bertz CT molecular complexity index is 1390. The number of aromatic nitrogens is 2. The summed E-state index contributed by atoms with van der Waals surface area (Å²) in [7, 11) is 2.16. The Morgan fingerprint density at radius 1 is 0.724 bits per heavy atom. The van der Waals surface area contributed by atoms with Crippen molar-refractivity contribution in [1.82, 2.24) is 4.57 Å². The Kier molecular flexibility index (Phi) is 4.02. The summed E-state index contributed by atoms with van der Waals surface area (Å²) in [5, 5.41) is 2.53. The first kappa shape index (κ1) is 17.7. The molecule has 2 aromatic heterocycles. The molecule has 0 aliphatic rings. The molecule has 0 N–H and O–H groups in total. The lowest BCUT2D eigenvalue weighted by molar-refractivity contribution is -0.574. The molecular formula is C27H25N2+. The van der Waals surface area contributed by atoms with Crippen LogP contribution in [0.2, 0.25) is 0 Å². The van der Waals surface area contributed by atoms with Gasteiger partial charge >= 0.3 is 0 Å². The first-order valence-corrected chi connectivity index (χ1v) is 10.1. The van der Waals surface area contributed by atoms with Crippen LogP contribution in [0.3, 0.4) is 0 Å². The van der Waals surface area contributed by atoms with Gasteiger partial charge in [-0.05, 0) is 49.7 Å². The summed E-state index contributed by atoms with van der Waals surface area (Å²) in [6, 6.07) is 28.5. The van der Waals surface area contributed by atoms with E-state index in [2.05, 4.69) is 116 Å². The van der Waals surface area contributed by atoms with Gasteiger partial charge in [0.2, 0.25) is 11.2 Å². The summed E-state index contributed by atoms with van der Waals surface area (Å²) in [6.07, 6.45) is 0. The molecule has 0 unspecified atom stereocenters. The highest BCUT2D eigenvalue weighted by atomic mass is 15.0. The lowest BCUT2D eigenvalue weighted by Crippen LogP contribution is -2.36. The smallest absolute Gasteiger partial charge is 0.218 e. The van der Waals surface area contributed by atoms with Gasteiger partial charge in [-0.25, -0.2) is 0 Å². The summed E-state index contributed by atoms with van der Waals surface area (Å²) in [6.45, 7) is 6.62. The van der Waals surface area contributed by atoms with E-state index in [1.165, 1.54) is 55.6 Å². The van der Waals surface area contributed by atoms with E-state index in [1.807, 2.05) is 0 Å². The van der Waals surface area contributed by atoms with Crippen molar-refractivity contribution >= 4 is 21.8 Å². The van der Waals surface area contributed by atoms with Crippen molar-refractivity contribution in [3.8, 4) is 16.9 Å². The second-order valence-corrected chi connectivity index (χ2v) is 7.97. The summed E-state index contributed by atoms with van der Waals surface area (Å²) in [5.74, 6) is 0. The van der Waals surface area contributed by atoms with Gasteiger partial charge in [0, 0.05) is 65.3 Å². The first-order valence-electron chi connectivity index (χ1n) is 10.1. The van der Waals surface area contributed by atoms with Crippen LogP contribution in [0, 0.1) is 20.8 Å². The van der Waals surface area contributed by atoms with E-state index in [9.17, 15) is 0 Å².